The monoisotopic (exact) mass is 1190 g/mol. The van der Waals surface area contributed by atoms with E-state index in [0.717, 1.165) is 0 Å². The van der Waals surface area contributed by atoms with E-state index in [2.05, 4.69) is 69.1 Å². The van der Waals surface area contributed by atoms with Crippen molar-refractivity contribution in [2.24, 2.45) is 58.1 Å². The number of guanidine groups is 5. The molecule has 31 N–H and O–H groups in total. The lowest BCUT2D eigenvalue weighted by Gasteiger charge is -2.30. The number of aliphatic carboxylic acids is 1. The fraction of sp³-hybridized carbons (Fsp3) is 0.720. The summed E-state index contributed by atoms with van der Waals surface area (Å²) in [6, 6.07) is -11.7. The fourth-order valence-electron chi connectivity index (χ4n) is 8.06. The van der Waals surface area contributed by atoms with Gasteiger partial charge in [-0.15, -0.1) is 0 Å². The highest BCUT2D eigenvalue weighted by Crippen LogP contribution is 2.13. The van der Waals surface area contributed by atoms with Crippen LogP contribution in [0.5, 0.6) is 0 Å². The van der Waals surface area contributed by atoms with Gasteiger partial charge in [-0.3, -0.25) is 65.4 Å². The number of carboxylic acid groups (broad SMARTS) is 1. The third kappa shape index (κ3) is 31.7. The van der Waals surface area contributed by atoms with Gasteiger partial charge in [0.05, 0.1) is 6.04 Å². The lowest BCUT2D eigenvalue weighted by atomic mass is 9.98. The van der Waals surface area contributed by atoms with Crippen molar-refractivity contribution >= 4 is 83.0 Å². The zero-order chi connectivity index (χ0) is 64.4. The molecule has 34 nitrogen and oxygen atoms in total. The molecule has 478 valence electrons. The molecule has 8 amide bonds. The van der Waals surface area contributed by atoms with Crippen molar-refractivity contribution in [3.05, 3.63) is 0 Å². The molecule has 0 fully saturated rings. The smallest absolute Gasteiger partial charge is 0.326 e. The van der Waals surface area contributed by atoms with Crippen molar-refractivity contribution in [2.45, 2.75) is 174 Å². The first-order valence-electron chi connectivity index (χ1n) is 28.0. The van der Waals surface area contributed by atoms with Crippen LogP contribution in [0.1, 0.15) is 120 Å². The van der Waals surface area contributed by atoms with Crippen LogP contribution < -0.4 is 104 Å². The summed E-state index contributed by atoms with van der Waals surface area (Å²) >= 11 is 0. The normalized spacial score (nSPS) is 14.2. The molecule has 34 heteroatoms. The third-order valence-electron chi connectivity index (χ3n) is 12.8. The van der Waals surface area contributed by atoms with Gasteiger partial charge in [0.15, 0.2) is 29.8 Å². The highest BCUT2D eigenvalue weighted by molar-refractivity contribution is 5.98. The van der Waals surface area contributed by atoms with Crippen LogP contribution >= 0.6 is 0 Å². The minimum absolute atomic E-state index is 0.0654. The van der Waals surface area contributed by atoms with Crippen LogP contribution in [0, 0.1) is 50.7 Å². The maximum absolute atomic E-state index is 14.4. The number of carbonyl (C=O) groups is 9. The quantitative estimate of drug-likeness (QED) is 0.0154. The molecule has 0 bridgehead atoms. The molecular weight excluding hydrogens is 1100 g/mol. The molecule has 9 atom stereocenters. The Hall–Kier alpha value is -8.46. The number of hydrogen-bond acceptors (Lipinski definition) is 15. The molecule has 0 aromatic carbocycles. The van der Waals surface area contributed by atoms with Crippen molar-refractivity contribution in [1.82, 2.24) is 69.1 Å². The van der Waals surface area contributed by atoms with Gasteiger partial charge < -0.3 is 109 Å². The summed E-state index contributed by atoms with van der Waals surface area (Å²) in [5.41, 5.74) is 33.1. The average Bonchev–Trinajstić information content (AvgIpc) is 3.59. The maximum Gasteiger partial charge on any atom is 0.326 e. The standard InChI is InChI=1S/C50H98N24O10/c1-24(2)33(73-43(81)35(26(5)6)71-37(75)28(51)14-9-19-62-46(52)53)41(79)68-29(15-10-20-63-47(54)55)38(76)67-31(17-12-22-65-49(58)59)40(78)72-36(27(7)8)44(82)74-34(25(3)4)42(80)69-30(16-11-21-64-48(56)57)39(77)70-32(45(83)84)18-13-23-66-50(60)61/h24-36H,9-23,51H2,1-8H3,(H,67,76)(H,68,79)(H,69,80)(H,70,77)(H,71,75)(H,72,78)(H,73,81)(H,74,82)(H,83,84)(H4,52,53,62)(H4,54,55,63)(H4,56,57,64)(H4,58,59,65)(H4,60,61,66)/t28-,29-,30-,31-,32-,33-,34-,35-,36-/m0/s1. The van der Waals surface area contributed by atoms with Gasteiger partial charge in [0.25, 0.3) is 0 Å². The lowest BCUT2D eigenvalue weighted by Crippen LogP contribution is -2.62. The number of rotatable bonds is 41. The first-order valence-corrected chi connectivity index (χ1v) is 28.0. The maximum atomic E-state index is 14.4. The molecule has 84 heavy (non-hydrogen) atoms. The molecular formula is C50H98N24O10. The Morgan fingerprint density at radius 3 is 0.786 bits per heavy atom. The minimum Gasteiger partial charge on any atom is -0.480 e. The van der Waals surface area contributed by atoms with E-state index in [1.54, 1.807) is 55.4 Å². The van der Waals surface area contributed by atoms with E-state index < -0.39 is 131 Å². The van der Waals surface area contributed by atoms with Crippen molar-refractivity contribution in [3.8, 4) is 0 Å². The van der Waals surface area contributed by atoms with E-state index in [0.29, 0.717) is 13.0 Å². The number of hydrogen-bond donors (Lipinski definition) is 25. The van der Waals surface area contributed by atoms with Gasteiger partial charge in [-0.2, -0.15) is 0 Å². The van der Waals surface area contributed by atoms with Crippen LogP contribution in [0.4, 0.5) is 0 Å². The molecule has 0 radical (unpaired) electrons. The van der Waals surface area contributed by atoms with Crippen LogP contribution in [0.2, 0.25) is 0 Å². The van der Waals surface area contributed by atoms with E-state index in [4.69, 9.17) is 61.4 Å². The van der Waals surface area contributed by atoms with E-state index in [1.807, 2.05) is 0 Å². The minimum atomic E-state index is -1.41. The van der Waals surface area contributed by atoms with Gasteiger partial charge in [0, 0.05) is 32.7 Å². The second kappa shape index (κ2) is 39.9. The number of amides is 8. The van der Waals surface area contributed by atoms with E-state index >= 15 is 0 Å². The summed E-state index contributed by atoms with van der Waals surface area (Å²) in [6.07, 6.45) is 0.918. The Morgan fingerprint density at radius 2 is 0.524 bits per heavy atom. The second-order valence-corrected chi connectivity index (χ2v) is 21.5. The molecule has 0 saturated heterocycles. The van der Waals surface area contributed by atoms with E-state index in [9.17, 15) is 48.3 Å². The summed E-state index contributed by atoms with van der Waals surface area (Å²) in [5, 5.41) is 81.2. The summed E-state index contributed by atoms with van der Waals surface area (Å²) < 4.78 is 0. The molecule has 0 aliphatic rings. The average molecular weight is 1200 g/mol. The highest BCUT2D eigenvalue weighted by atomic mass is 16.4. The highest BCUT2D eigenvalue weighted by Gasteiger charge is 2.37. The first kappa shape index (κ1) is 75.5. The molecule has 0 rings (SSSR count). The zero-order valence-electron chi connectivity index (χ0n) is 49.7. The van der Waals surface area contributed by atoms with Gasteiger partial charge in [0.2, 0.25) is 47.3 Å². The van der Waals surface area contributed by atoms with Crippen molar-refractivity contribution in [1.29, 1.82) is 27.0 Å². The molecule has 0 aromatic rings. The predicted octanol–water partition coefficient (Wildman–Crippen LogP) is -5.78. The first-order chi connectivity index (χ1) is 39.2. The number of carboxylic acids is 1. The Kier molecular flexibility index (Phi) is 35.9. The topological polar surface area (TPSA) is 606 Å². The number of nitrogens with one attached hydrogen (secondary N) is 18. The van der Waals surface area contributed by atoms with E-state index in [-0.39, 0.29) is 114 Å². The fourth-order valence-corrected chi connectivity index (χ4v) is 8.06. The predicted molar refractivity (Wildman–Crippen MR) is 316 cm³/mol. The molecule has 0 aliphatic carbocycles. The number of carbonyl (C=O) groups excluding carboxylic acids is 8. The van der Waals surface area contributed by atoms with Crippen LogP contribution in [-0.4, -0.2) is 175 Å². The van der Waals surface area contributed by atoms with Crippen molar-refractivity contribution in [2.75, 3.05) is 32.7 Å². The Labute approximate surface area is 490 Å². The van der Waals surface area contributed by atoms with Gasteiger partial charge in [0.1, 0.15) is 48.3 Å². The Morgan fingerprint density at radius 1 is 0.321 bits per heavy atom. The zero-order valence-corrected chi connectivity index (χ0v) is 49.7. The van der Waals surface area contributed by atoms with Gasteiger partial charge in [-0.25, -0.2) is 4.79 Å². The van der Waals surface area contributed by atoms with Gasteiger partial charge in [-0.1, -0.05) is 55.4 Å². The summed E-state index contributed by atoms with van der Waals surface area (Å²) in [4.78, 5) is 124. The van der Waals surface area contributed by atoms with Crippen LogP contribution in [-0.2, 0) is 43.2 Å². The summed E-state index contributed by atoms with van der Waals surface area (Å²) in [5.74, 6) is -11.8. The molecule has 0 unspecified atom stereocenters. The van der Waals surface area contributed by atoms with Gasteiger partial charge >= 0.3 is 5.97 Å². The van der Waals surface area contributed by atoms with Crippen molar-refractivity contribution in [3.63, 3.8) is 0 Å². The van der Waals surface area contributed by atoms with Gasteiger partial charge in [-0.05, 0) is 87.9 Å². The third-order valence-corrected chi connectivity index (χ3v) is 12.8. The number of nitrogens with two attached hydrogens (primary N) is 6. The SMILES string of the molecule is CC(C)[C@H](NC(=O)[C@H](CCCNC(=N)N)NC(=O)[C@H](CCCNC(=N)N)NC(=O)[C@@H](NC(=O)[C@@H](NC(=O)[C@@H](N)CCCNC(=N)N)C(C)C)C(C)C)C(=O)N[C@H](C(=O)N[C@@H](CCCNC(=N)N)C(=O)N[C@@H](CCCNC(=N)N)C(=O)O)C(C)C. The van der Waals surface area contributed by atoms with Crippen LogP contribution in [0.25, 0.3) is 0 Å². The second-order valence-electron chi connectivity index (χ2n) is 21.5. The molecule has 0 heterocycles. The van der Waals surface area contributed by atoms with Crippen LogP contribution in [0.3, 0.4) is 0 Å². The molecule has 0 aromatic heterocycles. The largest absolute Gasteiger partial charge is 0.480 e. The van der Waals surface area contributed by atoms with Crippen LogP contribution in [0.15, 0.2) is 0 Å². The molecule has 0 saturated carbocycles. The summed E-state index contributed by atoms with van der Waals surface area (Å²) in [6.45, 7) is 13.8. The molecule has 0 aliphatic heterocycles. The molecule has 0 spiro atoms. The Bertz CT molecular complexity index is 2230. The van der Waals surface area contributed by atoms with E-state index in [1.165, 1.54) is 0 Å². The summed E-state index contributed by atoms with van der Waals surface area (Å²) in [7, 11) is 0. The van der Waals surface area contributed by atoms with Crippen molar-refractivity contribution < 1.29 is 48.3 Å². The lowest BCUT2D eigenvalue weighted by molar-refractivity contribution is -0.142. The Balaban J connectivity index is 6.85.